The lowest BCUT2D eigenvalue weighted by atomic mass is 10.2. The number of nitrogens with one attached hydrogen (secondary N) is 1. The molecule has 7 heteroatoms. The van der Waals surface area contributed by atoms with Gasteiger partial charge in [-0.3, -0.25) is 0 Å². The number of nitrogens with zero attached hydrogens (tertiary/aromatic N) is 1. The highest BCUT2D eigenvalue weighted by molar-refractivity contribution is 7.04. The van der Waals surface area contributed by atoms with Gasteiger partial charge < -0.3 is 14.8 Å². The molecule has 0 aliphatic heterocycles. The topological polar surface area (TPSA) is 77.5 Å². The van der Waals surface area contributed by atoms with Crippen molar-refractivity contribution in [2.24, 2.45) is 0 Å². The van der Waals surface area contributed by atoms with Crippen LogP contribution >= 0.6 is 11.5 Å². The van der Waals surface area contributed by atoms with Gasteiger partial charge in [-0.1, -0.05) is 6.07 Å². The summed E-state index contributed by atoms with van der Waals surface area (Å²) in [5.74, 6) is -1.30. The van der Waals surface area contributed by atoms with Gasteiger partial charge >= 0.3 is 11.9 Å². The minimum absolute atomic E-state index is 0.00181. The summed E-state index contributed by atoms with van der Waals surface area (Å²) in [6, 6.07) is 5.45. The maximum atomic E-state index is 11.7. The zero-order valence-electron chi connectivity index (χ0n) is 10.9. The molecule has 0 saturated carbocycles. The zero-order chi connectivity index (χ0) is 14.5. The number of hydrogen-bond donors (Lipinski definition) is 1. The molecule has 1 aromatic carbocycles. The number of benzene rings is 1. The molecule has 20 heavy (non-hydrogen) atoms. The molecule has 0 radical (unpaired) electrons. The third kappa shape index (κ3) is 2.94. The molecule has 0 fully saturated rings. The Balaban J connectivity index is 2.37. The van der Waals surface area contributed by atoms with Gasteiger partial charge in [0.05, 0.1) is 25.8 Å². The smallest absolute Gasteiger partial charge is 0.354 e. The monoisotopic (exact) mass is 292 g/mol. The molecule has 0 spiro atoms. The fourth-order valence-electron chi connectivity index (χ4n) is 1.58. The second kappa shape index (κ2) is 6.16. The Bertz CT molecular complexity index is 678. The van der Waals surface area contributed by atoms with Gasteiger partial charge in [-0.05, 0) is 23.7 Å². The van der Waals surface area contributed by atoms with Crippen LogP contribution in [0.2, 0.25) is 0 Å². The van der Waals surface area contributed by atoms with Crippen molar-refractivity contribution in [3.05, 3.63) is 35.4 Å². The molecule has 2 rings (SSSR count). The predicted octanol–water partition coefficient (Wildman–Crippen LogP) is 1.94. The largest absolute Gasteiger partial charge is 0.466 e. The van der Waals surface area contributed by atoms with Crippen molar-refractivity contribution in [2.75, 3.05) is 19.5 Å². The van der Waals surface area contributed by atoms with Crippen molar-refractivity contribution in [2.45, 2.75) is 0 Å². The summed E-state index contributed by atoms with van der Waals surface area (Å²) in [6.07, 6.45) is 1.05. The van der Waals surface area contributed by atoms with E-state index in [1.807, 2.05) is 11.4 Å². The molecule has 0 aliphatic rings. The Hall–Kier alpha value is -2.41. The van der Waals surface area contributed by atoms with Crippen LogP contribution in [0.3, 0.4) is 0 Å². The van der Waals surface area contributed by atoms with E-state index in [-0.39, 0.29) is 5.70 Å². The van der Waals surface area contributed by atoms with Crippen LogP contribution in [-0.2, 0) is 19.1 Å². The summed E-state index contributed by atoms with van der Waals surface area (Å²) in [4.78, 5) is 23.0. The summed E-state index contributed by atoms with van der Waals surface area (Å²) < 4.78 is 13.3. The van der Waals surface area contributed by atoms with Crippen LogP contribution in [0.15, 0.2) is 35.4 Å². The van der Waals surface area contributed by atoms with Gasteiger partial charge in [0.2, 0.25) is 0 Å². The number of carbonyl (C=O) groups excluding carboxylic acids is 2. The van der Waals surface area contributed by atoms with E-state index < -0.39 is 11.9 Å². The average Bonchev–Trinajstić information content (AvgIpc) is 2.94. The molecule has 2 aromatic rings. The quantitative estimate of drug-likeness (QED) is 0.685. The van der Waals surface area contributed by atoms with Crippen molar-refractivity contribution in [1.29, 1.82) is 0 Å². The molecule has 1 aromatic heterocycles. The number of ether oxygens (including phenoxy) is 2. The van der Waals surface area contributed by atoms with E-state index in [9.17, 15) is 9.59 Å². The summed E-state index contributed by atoms with van der Waals surface area (Å²) in [5, 5.41) is 5.59. The average molecular weight is 292 g/mol. The van der Waals surface area contributed by atoms with Crippen LogP contribution < -0.4 is 5.32 Å². The summed E-state index contributed by atoms with van der Waals surface area (Å²) in [5.41, 5.74) is 1.47. The lowest BCUT2D eigenvalue weighted by Crippen LogP contribution is -2.15. The van der Waals surface area contributed by atoms with E-state index in [1.165, 1.54) is 25.8 Å². The molecular weight excluding hydrogens is 280 g/mol. The highest BCUT2D eigenvalue weighted by Crippen LogP contribution is 2.25. The first kappa shape index (κ1) is 14.0. The maximum Gasteiger partial charge on any atom is 0.354 e. The first-order valence-corrected chi connectivity index (χ1v) is 6.47. The molecule has 0 atom stereocenters. The van der Waals surface area contributed by atoms with Gasteiger partial charge in [-0.15, -0.1) is 0 Å². The number of rotatable bonds is 4. The van der Waals surface area contributed by atoms with Gasteiger partial charge in [0.25, 0.3) is 0 Å². The third-order valence-corrected chi connectivity index (χ3v) is 3.19. The minimum atomic E-state index is -0.657. The third-order valence-electron chi connectivity index (χ3n) is 2.54. The number of fused-ring (bicyclic) bond motifs is 1. The van der Waals surface area contributed by atoms with Crippen LogP contribution in [0.25, 0.3) is 10.9 Å². The van der Waals surface area contributed by atoms with Gasteiger partial charge in [-0.25, -0.2) is 9.59 Å². The maximum absolute atomic E-state index is 11.7. The normalized spacial score (nSPS) is 11.2. The number of aromatic nitrogens is 1. The van der Waals surface area contributed by atoms with E-state index >= 15 is 0 Å². The van der Waals surface area contributed by atoms with Gasteiger partial charge in [0.15, 0.2) is 0 Å². The predicted molar refractivity (Wildman–Crippen MR) is 75.4 cm³/mol. The van der Waals surface area contributed by atoms with Crippen LogP contribution in [-0.4, -0.2) is 30.5 Å². The van der Waals surface area contributed by atoms with E-state index in [0.29, 0.717) is 5.69 Å². The van der Waals surface area contributed by atoms with E-state index in [2.05, 4.69) is 19.2 Å². The van der Waals surface area contributed by atoms with Crippen molar-refractivity contribution >= 4 is 40.1 Å². The first-order chi connectivity index (χ1) is 9.65. The molecule has 0 unspecified atom stereocenters. The second-order valence-corrected chi connectivity index (χ2v) is 4.38. The zero-order valence-corrected chi connectivity index (χ0v) is 11.7. The van der Waals surface area contributed by atoms with Crippen molar-refractivity contribution in [1.82, 2.24) is 4.37 Å². The van der Waals surface area contributed by atoms with Crippen LogP contribution in [0, 0.1) is 0 Å². The van der Waals surface area contributed by atoms with E-state index in [0.717, 1.165) is 17.0 Å². The molecule has 0 amide bonds. The van der Waals surface area contributed by atoms with Gasteiger partial charge in [0.1, 0.15) is 5.70 Å². The van der Waals surface area contributed by atoms with Crippen molar-refractivity contribution in [3.8, 4) is 0 Å². The first-order valence-electron chi connectivity index (χ1n) is 5.63. The number of carbonyl (C=O) groups is 2. The highest BCUT2D eigenvalue weighted by Gasteiger charge is 2.14. The SMILES string of the molecule is COC(=O)/C=C(/Nc1cccc2nscc12)C(=O)OC. The summed E-state index contributed by atoms with van der Waals surface area (Å²) >= 11 is 1.31. The van der Waals surface area contributed by atoms with Gasteiger partial charge in [0, 0.05) is 16.5 Å². The number of hydrogen-bond acceptors (Lipinski definition) is 7. The molecule has 6 nitrogen and oxygen atoms in total. The van der Waals surface area contributed by atoms with Crippen LogP contribution in [0.4, 0.5) is 5.69 Å². The number of esters is 2. The second-order valence-electron chi connectivity index (χ2n) is 3.75. The number of methoxy groups -OCH3 is 2. The molecule has 0 saturated heterocycles. The van der Waals surface area contributed by atoms with E-state index in [1.54, 1.807) is 12.1 Å². The van der Waals surface area contributed by atoms with Crippen LogP contribution in [0.1, 0.15) is 0 Å². The molecular formula is C13H12N2O4S. The Morgan fingerprint density at radius 1 is 1.30 bits per heavy atom. The van der Waals surface area contributed by atoms with E-state index in [4.69, 9.17) is 0 Å². The van der Waals surface area contributed by atoms with Crippen LogP contribution in [0.5, 0.6) is 0 Å². The van der Waals surface area contributed by atoms with Crippen molar-refractivity contribution in [3.63, 3.8) is 0 Å². The number of anilines is 1. The minimum Gasteiger partial charge on any atom is -0.466 e. The fraction of sp³-hybridized carbons (Fsp3) is 0.154. The Labute approximate surface area is 119 Å². The molecule has 104 valence electrons. The lowest BCUT2D eigenvalue weighted by Gasteiger charge is -2.09. The standard InChI is InChI=1S/C13H12N2O4S/c1-18-12(16)6-11(13(17)19-2)14-9-4-3-5-10-8(9)7-20-15-10/h3-7,14H,1-2H3/b11-6+. The molecule has 0 aliphatic carbocycles. The van der Waals surface area contributed by atoms with Gasteiger partial charge in [-0.2, -0.15) is 4.37 Å². The van der Waals surface area contributed by atoms with Crippen molar-refractivity contribution < 1.29 is 19.1 Å². The lowest BCUT2D eigenvalue weighted by molar-refractivity contribution is -0.138. The summed E-state index contributed by atoms with van der Waals surface area (Å²) in [6.45, 7) is 0. The molecule has 1 N–H and O–H groups in total. The molecule has 1 heterocycles. The fourth-order valence-corrected chi connectivity index (χ4v) is 2.26. The molecule has 0 bridgehead atoms. The summed E-state index contributed by atoms with van der Waals surface area (Å²) in [7, 11) is 2.47. The Morgan fingerprint density at radius 2 is 2.10 bits per heavy atom. The Kier molecular flexibility index (Phi) is 4.31. The Morgan fingerprint density at radius 3 is 2.80 bits per heavy atom. The highest BCUT2D eigenvalue weighted by atomic mass is 32.1.